The van der Waals surface area contributed by atoms with E-state index in [1.165, 1.54) is 9.15 Å². The van der Waals surface area contributed by atoms with Crippen LogP contribution in [0.3, 0.4) is 0 Å². The summed E-state index contributed by atoms with van der Waals surface area (Å²) in [5, 5.41) is 0. The summed E-state index contributed by atoms with van der Waals surface area (Å²) in [6, 6.07) is 0. The quantitative estimate of drug-likeness (QED) is 0.549. The molecule has 43 valence electrons. The Hall–Kier alpha value is 0.210. The second-order valence-corrected chi connectivity index (χ2v) is 3.32. The Kier molecular flexibility index (Phi) is 2.11. The van der Waals surface area contributed by atoms with Gasteiger partial charge in [0, 0.05) is 0 Å². The van der Waals surface area contributed by atoms with Gasteiger partial charge >= 0.3 is 0 Å². The standard InChI is InChI=1S/C7H8I/c1-6-2-4-7(8)5-3-6/h2-4H,5H2,1H3. The predicted octanol–water partition coefficient (Wildman–Crippen LogP) is 2.86. The highest BCUT2D eigenvalue weighted by Gasteiger charge is 1.97. The van der Waals surface area contributed by atoms with E-state index in [2.05, 4.69) is 48.1 Å². The largest absolute Gasteiger partial charge is 0.0692 e. The lowest BCUT2D eigenvalue weighted by molar-refractivity contribution is 1.17. The summed E-state index contributed by atoms with van der Waals surface area (Å²) in [5.41, 5.74) is 1.38. The Morgan fingerprint density at radius 1 is 1.50 bits per heavy atom. The van der Waals surface area contributed by atoms with Crippen LogP contribution in [0.2, 0.25) is 0 Å². The van der Waals surface area contributed by atoms with Crippen LogP contribution >= 0.6 is 22.6 Å². The zero-order chi connectivity index (χ0) is 5.98. The molecule has 0 fully saturated rings. The van der Waals surface area contributed by atoms with Crippen molar-refractivity contribution in [2.75, 3.05) is 0 Å². The van der Waals surface area contributed by atoms with Crippen molar-refractivity contribution in [3.05, 3.63) is 27.7 Å². The maximum Gasteiger partial charge on any atom is -0.00879 e. The highest BCUT2D eigenvalue weighted by molar-refractivity contribution is 14.1. The molecule has 0 atom stereocenters. The van der Waals surface area contributed by atoms with Gasteiger partial charge in [-0.25, -0.2) is 0 Å². The Balaban J connectivity index is 2.65. The van der Waals surface area contributed by atoms with Crippen LogP contribution in [0.4, 0.5) is 0 Å². The molecule has 0 saturated carbocycles. The van der Waals surface area contributed by atoms with Crippen LogP contribution < -0.4 is 0 Å². The van der Waals surface area contributed by atoms with Gasteiger partial charge in [0.15, 0.2) is 0 Å². The van der Waals surface area contributed by atoms with E-state index in [0.717, 1.165) is 6.42 Å². The predicted molar refractivity (Wildman–Crippen MR) is 44.8 cm³/mol. The smallest absolute Gasteiger partial charge is 0.00879 e. The molecule has 0 aliphatic heterocycles. The highest BCUT2D eigenvalue weighted by Crippen LogP contribution is 2.20. The van der Waals surface area contributed by atoms with Gasteiger partial charge in [0.2, 0.25) is 0 Å². The normalized spacial score (nSPS) is 19.8. The topological polar surface area (TPSA) is 0 Å². The van der Waals surface area contributed by atoms with Crippen molar-refractivity contribution >= 4 is 22.6 Å². The molecule has 1 aliphatic rings. The third-order valence-electron chi connectivity index (χ3n) is 1.15. The van der Waals surface area contributed by atoms with Gasteiger partial charge in [0.05, 0.1) is 0 Å². The Morgan fingerprint density at radius 3 is 2.62 bits per heavy atom. The molecule has 1 aliphatic carbocycles. The molecule has 1 rings (SSSR count). The molecule has 1 radical (unpaired) electrons. The number of hydrogen-bond donors (Lipinski definition) is 0. The molecule has 0 N–H and O–H groups in total. The van der Waals surface area contributed by atoms with E-state index in [4.69, 9.17) is 0 Å². The van der Waals surface area contributed by atoms with Crippen molar-refractivity contribution in [2.24, 2.45) is 0 Å². The summed E-state index contributed by atoms with van der Waals surface area (Å²) in [4.78, 5) is 0. The first-order chi connectivity index (χ1) is 3.79. The molecule has 0 aromatic rings. The third-order valence-corrected chi connectivity index (χ3v) is 1.95. The highest BCUT2D eigenvalue weighted by atomic mass is 127. The van der Waals surface area contributed by atoms with Crippen molar-refractivity contribution in [1.29, 1.82) is 0 Å². The molecular weight excluding hydrogens is 211 g/mol. The number of allylic oxidation sites excluding steroid dienone is 4. The van der Waals surface area contributed by atoms with E-state index in [1.54, 1.807) is 0 Å². The Bertz CT molecular complexity index is 124. The van der Waals surface area contributed by atoms with E-state index in [9.17, 15) is 0 Å². The van der Waals surface area contributed by atoms with Crippen LogP contribution in [0, 0.1) is 6.42 Å². The van der Waals surface area contributed by atoms with Gasteiger partial charge in [-0.2, -0.15) is 0 Å². The molecule has 0 saturated heterocycles. The van der Waals surface area contributed by atoms with Crippen molar-refractivity contribution < 1.29 is 0 Å². The van der Waals surface area contributed by atoms with Crippen molar-refractivity contribution in [2.45, 2.75) is 13.3 Å². The zero-order valence-corrected chi connectivity index (χ0v) is 6.97. The maximum atomic E-state index is 2.35. The average Bonchev–Trinajstić information content (AvgIpc) is 1.77. The molecule has 0 aromatic carbocycles. The zero-order valence-electron chi connectivity index (χ0n) is 4.82. The maximum absolute atomic E-state index is 2.35. The van der Waals surface area contributed by atoms with Crippen molar-refractivity contribution in [3.8, 4) is 0 Å². The molecule has 0 aromatic heterocycles. The molecule has 0 nitrogen and oxygen atoms in total. The van der Waals surface area contributed by atoms with E-state index in [1.807, 2.05) is 0 Å². The Labute approximate surface area is 63.8 Å². The molecule has 8 heavy (non-hydrogen) atoms. The van der Waals surface area contributed by atoms with Gasteiger partial charge < -0.3 is 0 Å². The number of halogens is 1. The van der Waals surface area contributed by atoms with E-state index >= 15 is 0 Å². The second-order valence-electron chi connectivity index (χ2n) is 1.93. The average molecular weight is 219 g/mol. The summed E-state index contributed by atoms with van der Waals surface area (Å²) in [6.45, 7) is 2.12. The minimum atomic E-state index is 1.13. The Morgan fingerprint density at radius 2 is 2.25 bits per heavy atom. The van der Waals surface area contributed by atoms with Crippen LogP contribution in [0.15, 0.2) is 21.3 Å². The monoisotopic (exact) mass is 219 g/mol. The van der Waals surface area contributed by atoms with Crippen LogP contribution in [-0.2, 0) is 0 Å². The first kappa shape index (κ1) is 6.33. The van der Waals surface area contributed by atoms with Gasteiger partial charge in [0.1, 0.15) is 0 Å². The molecule has 0 bridgehead atoms. The molecule has 1 heteroatoms. The first-order valence-electron chi connectivity index (χ1n) is 2.65. The molecule has 0 amide bonds. The van der Waals surface area contributed by atoms with Gasteiger partial charge in [-0.3, -0.25) is 0 Å². The van der Waals surface area contributed by atoms with Crippen LogP contribution in [0.25, 0.3) is 0 Å². The lowest BCUT2D eigenvalue weighted by Crippen LogP contribution is -1.84. The van der Waals surface area contributed by atoms with E-state index in [0.29, 0.717) is 0 Å². The third kappa shape index (κ3) is 1.62. The molecule has 0 unspecified atom stereocenters. The fraction of sp³-hybridized carbons (Fsp3) is 0.286. The first-order valence-corrected chi connectivity index (χ1v) is 3.73. The van der Waals surface area contributed by atoms with Gasteiger partial charge in [-0.1, -0.05) is 17.7 Å². The van der Waals surface area contributed by atoms with Crippen molar-refractivity contribution in [1.82, 2.24) is 0 Å². The van der Waals surface area contributed by atoms with Gasteiger partial charge in [0.25, 0.3) is 0 Å². The minimum absolute atomic E-state index is 1.13. The van der Waals surface area contributed by atoms with Crippen molar-refractivity contribution in [3.63, 3.8) is 0 Å². The van der Waals surface area contributed by atoms with Gasteiger partial charge in [-0.05, 0) is 45.9 Å². The lowest BCUT2D eigenvalue weighted by Gasteiger charge is -2.03. The lowest BCUT2D eigenvalue weighted by atomic mass is 10.1. The summed E-state index contributed by atoms with van der Waals surface area (Å²) < 4.78 is 1.42. The summed E-state index contributed by atoms with van der Waals surface area (Å²) in [7, 11) is 0. The fourth-order valence-electron chi connectivity index (χ4n) is 0.616. The summed E-state index contributed by atoms with van der Waals surface area (Å²) >= 11 is 2.35. The number of rotatable bonds is 0. The summed E-state index contributed by atoms with van der Waals surface area (Å²) in [5.74, 6) is 0. The SMILES string of the molecule is CC1=CC=C(I)C[CH]1. The molecular formula is C7H8I. The molecule has 0 spiro atoms. The van der Waals surface area contributed by atoms with Crippen LogP contribution in [0.1, 0.15) is 13.3 Å². The van der Waals surface area contributed by atoms with E-state index in [-0.39, 0.29) is 0 Å². The van der Waals surface area contributed by atoms with Crippen LogP contribution in [0.5, 0.6) is 0 Å². The fourth-order valence-corrected chi connectivity index (χ4v) is 1.02. The number of hydrogen-bond acceptors (Lipinski definition) is 0. The second kappa shape index (κ2) is 2.67. The van der Waals surface area contributed by atoms with E-state index < -0.39 is 0 Å². The minimum Gasteiger partial charge on any atom is -0.0692 e. The van der Waals surface area contributed by atoms with Crippen LogP contribution in [-0.4, -0.2) is 0 Å². The van der Waals surface area contributed by atoms with Gasteiger partial charge in [-0.15, -0.1) is 0 Å². The molecule has 0 heterocycles. The summed E-state index contributed by atoms with van der Waals surface area (Å²) in [6.07, 6.45) is 7.67.